The van der Waals surface area contributed by atoms with Crippen LogP contribution in [0.25, 0.3) is 0 Å². The summed E-state index contributed by atoms with van der Waals surface area (Å²) >= 11 is 0. The third-order valence-corrected chi connectivity index (χ3v) is 6.09. The van der Waals surface area contributed by atoms with E-state index in [0.717, 1.165) is 12.8 Å². The number of carbonyl (C=O) groups is 1. The standard InChI is InChI=1S/C16H21FN2O/c1-15(2)11-4-6-16(15,3)12(9-11)19-14(20)10-5-7-18-13(17)8-10/h5,7-8,11-12H,4,6,9H2,1-3H3,(H,19,20). The van der Waals surface area contributed by atoms with Gasteiger partial charge in [-0.2, -0.15) is 4.39 Å². The van der Waals surface area contributed by atoms with Crippen molar-refractivity contribution in [1.29, 1.82) is 0 Å². The van der Waals surface area contributed by atoms with Crippen molar-refractivity contribution in [2.45, 2.75) is 46.1 Å². The molecule has 1 aromatic rings. The van der Waals surface area contributed by atoms with Gasteiger partial charge < -0.3 is 5.32 Å². The van der Waals surface area contributed by atoms with Gasteiger partial charge in [0.15, 0.2) is 0 Å². The van der Waals surface area contributed by atoms with E-state index in [2.05, 4.69) is 31.1 Å². The maximum Gasteiger partial charge on any atom is 0.251 e. The van der Waals surface area contributed by atoms with E-state index < -0.39 is 5.95 Å². The van der Waals surface area contributed by atoms with E-state index in [1.165, 1.54) is 18.7 Å². The number of nitrogens with one attached hydrogen (secondary N) is 1. The summed E-state index contributed by atoms with van der Waals surface area (Å²) in [6, 6.07) is 2.93. The van der Waals surface area contributed by atoms with Gasteiger partial charge >= 0.3 is 0 Å². The topological polar surface area (TPSA) is 42.0 Å². The Bertz CT molecular complexity index is 557. The fraction of sp³-hybridized carbons (Fsp3) is 0.625. The fourth-order valence-electron chi connectivity index (χ4n) is 4.21. The molecule has 0 aromatic carbocycles. The quantitative estimate of drug-likeness (QED) is 0.843. The van der Waals surface area contributed by atoms with Crippen LogP contribution in [-0.4, -0.2) is 16.9 Å². The maximum absolute atomic E-state index is 13.1. The molecule has 1 heterocycles. The predicted molar refractivity (Wildman–Crippen MR) is 74.7 cm³/mol. The largest absolute Gasteiger partial charge is 0.349 e. The van der Waals surface area contributed by atoms with Gasteiger partial charge in [0.1, 0.15) is 0 Å². The normalized spacial score (nSPS) is 34.2. The average Bonchev–Trinajstić information content (AvgIpc) is 2.72. The van der Waals surface area contributed by atoms with Crippen LogP contribution in [0.1, 0.15) is 50.4 Å². The van der Waals surface area contributed by atoms with Gasteiger partial charge in [0.25, 0.3) is 5.91 Å². The molecule has 20 heavy (non-hydrogen) atoms. The molecule has 0 spiro atoms. The van der Waals surface area contributed by atoms with E-state index in [0.29, 0.717) is 11.5 Å². The molecule has 2 aliphatic rings. The molecule has 1 N–H and O–H groups in total. The minimum Gasteiger partial charge on any atom is -0.349 e. The van der Waals surface area contributed by atoms with Gasteiger partial charge in [-0.25, -0.2) is 4.98 Å². The lowest BCUT2D eigenvalue weighted by molar-refractivity contribution is 0.0825. The van der Waals surface area contributed by atoms with E-state index in [-0.39, 0.29) is 22.8 Å². The highest BCUT2D eigenvalue weighted by atomic mass is 19.1. The molecule has 0 saturated heterocycles. The number of nitrogens with zero attached hydrogens (tertiary/aromatic N) is 1. The molecular weight excluding hydrogens is 255 g/mol. The van der Waals surface area contributed by atoms with Gasteiger partial charge in [0.05, 0.1) is 0 Å². The lowest BCUT2D eigenvalue weighted by atomic mass is 9.69. The van der Waals surface area contributed by atoms with Crippen molar-refractivity contribution in [2.75, 3.05) is 0 Å². The molecule has 1 amide bonds. The second-order valence-corrected chi connectivity index (χ2v) is 7.00. The summed E-state index contributed by atoms with van der Waals surface area (Å²) in [5, 5.41) is 3.12. The third kappa shape index (κ3) is 1.77. The Morgan fingerprint density at radius 1 is 1.45 bits per heavy atom. The summed E-state index contributed by atoms with van der Waals surface area (Å²) < 4.78 is 13.1. The molecule has 2 fully saturated rings. The highest BCUT2D eigenvalue weighted by molar-refractivity contribution is 5.94. The van der Waals surface area contributed by atoms with Crippen molar-refractivity contribution >= 4 is 5.91 Å². The Morgan fingerprint density at radius 2 is 2.20 bits per heavy atom. The van der Waals surface area contributed by atoms with Crippen LogP contribution in [0.5, 0.6) is 0 Å². The van der Waals surface area contributed by atoms with Crippen molar-refractivity contribution in [3.8, 4) is 0 Å². The first kappa shape index (κ1) is 13.5. The van der Waals surface area contributed by atoms with Gasteiger partial charge in [-0.1, -0.05) is 20.8 Å². The molecule has 108 valence electrons. The number of fused-ring (bicyclic) bond motifs is 2. The van der Waals surface area contributed by atoms with E-state index >= 15 is 0 Å². The second-order valence-electron chi connectivity index (χ2n) is 7.00. The average molecular weight is 276 g/mol. The van der Waals surface area contributed by atoms with Gasteiger partial charge in [-0.3, -0.25) is 4.79 Å². The van der Waals surface area contributed by atoms with Crippen molar-refractivity contribution in [3.05, 3.63) is 29.8 Å². The summed E-state index contributed by atoms with van der Waals surface area (Å²) in [6.07, 6.45) is 4.76. The lowest BCUT2D eigenvalue weighted by Crippen LogP contribution is -2.46. The molecule has 4 heteroatoms. The van der Waals surface area contributed by atoms with Gasteiger partial charge in [0.2, 0.25) is 5.95 Å². The van der Waals surface area contributed by atoms with Crippen LogP contribution < -0.4 is 5.32 Å². The van der Waals surface area contributed by atoms with Crippen LogP contribution in [0.15, 0.2) is 18.3 Å². The van der Waals surface area contributed by atoms with E-state index in [9.17, 15) is 9.18 Å². The highest BCUT2D eigenvalue weighted by Gasteiger charge is 2.61. The number of rotatable bonds is 2. The Balaban J connectivity index is 1.78. The summed E-state index contributed by atoms with van der Waals surface area (Å²) in [5.41, 5.74) is 0.745. The minimum absolute atomic E-state index is 0.138. The van der Waals surface area contributed by atoms with Crippen molar-refractivity contribution in [3.63, 3.8) is 0 Å². The Labute approximate surface area is 119 Å². The maximum atomic E-state index is 13.1. The van der Waals surface area contributed by atoms with Gasteiger partial charge in [-0.15, -0.1) is 0 Å². The number of halogens is 1. The lowest BCUT2D eigenvalue weighted by Gasteiger charge is -2.39. The zero-order valence-corrected chi connectivity index (χ0v) is 12.2. The van der Waals surface area contributed by atoms with Crippen molar-refractivity contribution in [2.24, 2.45) is 16.7 Å². The fourth-order valence-corrected chi connectivity index (χ4v) is 4.21. The summed E-state index contributed by atoms with van der Waals surface area (Å²) in [6.45, 7) is 6.89. The Kier molecular flexibility index (Phi) is 2.89. The first-order chi connectivity index (χ1) is 9.34. The number of carbonyl (C=O) groups excluding carboxylic acids is 1. The van der Waals surface area contributed by atoms with Gasteiger partial charge in [-0.05, 0) is 42.1 Å². The zero-order valence-electron chi connectivity index (χ0n) is 12.2. The molecule has 2 aliphatic carbocycles. The molecular formula is C16H21FN2O. The smallest absolute Gasteiger partial charge is 0.251 e. The molecule has 3 nitrogen and oxygen atoms in total. The molecule has 0 radical (unpaired) electrons. The highest BCUT2D eigenvalue weighted by Crippen LogP contribution is 2.65. The number of amides is 1. The van der Waals surface area contributed by atoms with Crippen LogP contribution in [0.4, 0.5) is 4.39 Å². The van der Waals surface area contributed by atoms with E-state index in [1.807, 2.05) is 0 Å². The molecule has 2 bridgehead atoms. The first-order valence-electron chi connectivity index (χ1n) is 7.27. The van der Waals surface area contributed by atoms with Crippen LogP contribution in [-0.2, 0) is 0 Å². The first-order valence-corrected chi connectivity index (χ1v) is 7.27. The third-order valence-electron chi connectivity index (χ3n) is 6.09. The number of pyridine rings is 1. The monoisotopic (exact) mass is 276 g/mol. The molecule has 2 saturated carbocycles. The predicted octanol–water partition coefficient (Wildman–Crippen LogP) is 3.17. The van der Waals surface area contributed by atoms with Crippen molar-refractivity contribution < 1.29 is 9.18 Å². The SMILES string of the molecule is CC1(C)C2CCC1(C)C(NC(=O)c1ccnc(F)c1)C2. The van der Waals surface area contributed by atoms with Crippen LogP contribution in [0, 0.1) is 22.7 Å². The molecule has 1 aromatic heterocycles. The van der Waals surface area contributed by atoms with E-state index in [4.69, 9.17) is 0 Å². The van der Waals surface area contributed by atoms with Crippen LogP contribution in [0.2, 0.25) is 0 Å². The number of aromatic nitrogens is 1. The minimum atomic E-state index is -0.614. The summed E-state index contributed by atoms with van der Waals surface area (Å²) in [4.78, 5) is 15.8. The van der Waals surface area contributed by atoms with Gasteiger partial charge in [0, 0.05) is 23.9 Å². The number of hydrogen-bond acceptors (Lipinski definition) is 2. The molecule has 3 unspecified atom stereocenters. The molecule has 3 rings (SSSR count). The number of hydrogen-bond donors (Lipinski definition) is 1. The zero-order chi connectivity index (χ0) is 14.5. The summed E-state index contributed by atoms with van der Waals surface area (Å²) in [7, 11) is 0. The Morgan fingerprint density at radius 3 is 2.75 bits per heavy atom. The van der Waals surface area contributed by atoms with Crippen molar-refractivity contribution in [1.82, 2.24) is 10.3 Å². The second kappa shape index (κ2) is 4.27. The van der Waals surface area contributed by atoms with E-state index in [1.54, 1.807) is 6.07 Å². The Hall–Kier alpha value is -1.45. The van der Waals surface area contributed by atoms with Crippen LogP contribution in [0.3, 0.4) is 0 Å². The summed E-state index contributed by atoms with van der Waals surface area (Å²) in [5.74, 6) is -0.134. The van der Waals surface area contributed by atoms with Crippen LogP contribution >= 0.6 is 0 Å². The molecule has 0 aliphatic heterocycles. The molecule has 3 atom stereocenters.